The van der Waals surface area contributed by atoms with Gasteiger partial charge in [0.25, 0.3) is 0 Å². The van der Waals surface area contributed by atoms with Gasteiger partial charge in [0.1, 0.15) is 5.25 Å². The van der Waals surface area contributed by atoms with Crippen LogP contribution in [0.25, 0.3) is 0 Å². The number of nitrogens with one attached hydrogen (secondary N) is 1. The lowest BCUT2D eigenvalue weighted by molar-refractivity contribution is -0.136. The normalized spacial score (nSPS) is 19.6. The predicted molar refractivity (Wildman–Crippen MR) is 74.3 cm³/mol. The van der Waals surface area contributed by atoms with Gasteiger partial charge in [0.15, 0.2) is 0 Å². The molecule has 1 aliphatic carbocycles. The minimum atomic E-state index is -0.758. The molecule has 2 atom stereocenters. The molecule has 3 nitrogen and oxygen atoms in total. The number of carboxylic acid groups (broad SMARTS) is 1. The molecule has 1 aliphatic rings. The second-order valence-corrected chi connectivity index (χ2v) is 6.11. The molecule has 0 amide bonds. The van der Waals surface area contributed by atoms with E-state index in [0.717, 1.165) is 24.3 Å². The molecule has 2 unspecified atom stereocenters. The van der Waals surface area contributed by atoms with E-state index in [4.69, 9.17) is 5.11 Å². The predicted octanol–water partition coefficient (Wildman–Crippen LogP) is 2.33. The average molecular weight is 265 g/mol. The Labute approximate surface area is 112 Å². The van der Waals surface area contributed by atoms with E-state index in [1.165, 1.54) is 22.9 Å². The van der Waals surface area contributed by atoms with Gasteiger partial charge in [0.05, 0.1) is 0 Å². The van der Waals surface area contributed by atoms with E-state index in [1.54, 1.807) is 6.92 Å². The summed E-state index contributed by atoms with van der Waals surface area (Å²) >= 11 is 1.41. The first-order valence-corrected chi connectivity index (χ1v) is 7.22. The molecule has 0 aliphatic heterocycles. The quantitative estimate of drug-likeness (QED) is 0.802. The van der Waals surface area contributed by atoms with E-state index in [2.05, 4.69) is 24.4 Å². The number of thioether (sulfide) groups is 1. The van der Waals surface area contributed by atoms with Crippen LogP contribution >= 0.6 is 11.8 Å². The summed E-state index contributed by atoms with van der Waals surface area (Å²) in [6.07, 6.45) is 2.14. The Balaban J connectivity index is 2.06. The summed E-state index contributed by atoms with van der Waals surface area (Å²) in [5.74, 6) is -0.758. The smallest absolute Gasteiger partial charge is 0.316 e. The summed E-state index contributed by atoms with van der Waals surface area (Å²) in [5.41, 5.74) is 2.76. The number of benzene rings is 1. The molecule has 0 radical (unpaired) electrons. The molecule has 0 heterocycles. The number of likely N-dealkylation sites (N-methyl/N-ethyl adjacent to an activating group) is 1. The molecule has 1 aromatic rings. The van der Waals surface area contributed by atoms with Crippen molar-refractivity contribution in [2.45, 2.75) is 42.9 Å². The molecule has 0 saturated carbocycles. The van der Waals surface area contributed by atoms with Gasteiger partial charge in [-0.25, -0.2) is 0 Å². The molecule has 2 rings (SSSR count). The Hall–Kier alpha value is -1.00. The van der Waals surface area contributed by atoms with Crippen molar-refractivity contribution in [3.05, 3.63) is 29.3 Å². The number of aliphatic carboxylic acids is 1. The summed E-state index contributed by atoms with van der Waals surface area (Å²) in [4.78, 5) is 11.9. The first-order valence-electron chi connectivity index (χ1n) is 6.34. The monoisotopic (exact) mass is 265 g/mol. The molecule has 0 fully saturated rings. The van der Waals surface area contributed by atoms with Crippen molar-refractivity contribution in [2.75, 3.05) is 6.54 Å². The van der Waals surface area contributed by atoms with Gasteiger partial charge in [0.2, 0.25) is 0 Å². The van der Waals surface area contributed by atoms with Crippen LogP contribution in [-0.2, 0) is 17.6 Å². The Morgan fingerprint density at radius 1 is 1.50 bits per heavy atom. The number of carbonyl (C=O) groups is 1. The minimum Gasteiger partial charge on any atom is -0.480 e. The van der Waals surface area contributed by atoms with Crippen molar-refractivity contribution in [2.24, 2.45) is 0 Å². The van der Waals surface area contributed by atoms with Crippen molar-refractivity contribution in [3.8, 4) is 0 Å². The molecule has 2 N–H and O–H groups in total. The summed E-state index contributed by atoms with van der Waals surface area (Å²) in [6.45, 7) is 4.84. The van der Waals surface area contributed by atoms with E-state index in [1.807, 2.05) is 6.07 Å². The van der Waals surface area contributed by atoms with Crippen LogP contribution in [0, 0.1) is 0 Å². The van der Waals surface area contributed by atoms with Crippen molar-refractivity contribution < 1.29 is 9.90 Å². The zero-order chi connectivity index (χ0) is 13.1. The summed E-state index contributed by atoms with van der Waals surface area (Å²) in [5, 5.41) is 12.0. The van der Waals surface area contributed by atoms with E-state index >= 15 is 0 Å². The molecule has 0 aromatic heterocycles. The first-order chi connectivity index (χ1) is 8.60. The maximum atomic E-state index is 10.8. The number of carboxylic acids is 1. The van der Waals surface area contributed by atoms with Crippen LogP contribution in [0.4, 0.5) is 0 Å². The fraction of sp³-hybridized carbons (Fsp3) is 0.500. The lowest BCUT2D eigenvalue weighted by Gasteiger charge is -2.08. The van der Waals surface area contributed by atoms with Gasteiger partial charge < -0.3 is 10.4 Å². The third-order valence-corrected chi connectivity index (χ3v) is 4.35. The van der Waals surface area contributed by atoms with Crippen LogP contribution in [0.3, 0.4) is 0 Å². The highest BCUT2D eigenvalue weighted by Gasteiger charge is 2.21. The van der Waals surface area contributed by atoms with Gasteiger partial charge in [-0.15, -0.1) is 11.8 Å². The van der Waals surface area contributed by atoms with Crippen LogP contribution in [-0.4, -0.2) is 28.9 Å². The van der Waals surface area contributed by atoms with Crippen molar-refractivity contribution >= 4 is 17.7 Å². The Morgan fingerprint density at radius 3 is 2.89 bits per heavy atom. The molecule has 18 heavy (non-hydrogen) atoms. The summed E-state index contributed by atoms with van der Waals surface area (Å²) < 4.78 is 0. The van der Waals surface area contributed by atoms with Crippen LogP contribution in [0.5, 0.6) is 0 Å². The molecular formula is C14H19NO2S. The highest BCUT2D eigenvalue weighted by atomic mass is 32.2. The van der Waals surface area contributed by atoms with Crippen LogP contribution in [0.15, 0.2) is 23.1 Å². The molecule has 4 heteroatoms. The molecule has 1 aromatic carbocycles. The molecule has 0 spiro atoms. The fourth-order valence-electron chi connectivity index (χ4n) is 2.36. The third-order valence-electron chi connectivity index (χ3n) is 3.26. The number of rotatable bonds is 5. The second kappa shape index (κ2) is 5.76. The van der Waals surface area contributed by atoms with E-state index in [-0.39, 0.29) is 0 Å². The van der Waals surface area contributed by atoms with Gasteiger partial charge in [-0.3, -0.25) is 4.79 Å². The number of hydrogen-bond donors (Lipinski definition) is 2. The van der Waals surface area contributed by atoms with Crippen LogP contribution in [0.1, 0.15) is 25.0 Å². The van der Waals surface area contributed by atoms with Gasteiger partial charge in [-0.05, 0) is 49.6 Å². The zero-order valence-electron chi connectivity index (χ0n) is 10.8. The van der Waals surface area contributed by atoms with Crippen molar-refractivity contribution in [1.82, 2.24) is 5.32 Å². The van der Waals surface area contributed by atoms with Gasteiger partial charge >= 0.3 is 5.97 Å². The fourth-order valence-corrected chi connectivity index (χ4v) is 3.22. The van der Waals surface area contributed by atoms with Gasteiger partial charge in [-0.2, -0.15) is 0 Å². The van der Waals surface area contributed by atoms with E-state index in [9.17, 15) is 4.79 Å². The lowest BCUT2D eigenvalue weighted by atomic mass is 10.1. The third kappa shape index (κ3) is 3.06. The van der Waals surface area contributed by atoms with Crippen molar-refractivity contribution in [3.63, 3.8) is 0 Å². The average Bonchev–Trinajstić information content (AvgIpc) is 2.71. The molecule has 0 bridgehead atoms. The van der Waals surface area contributed by atoms with Gasteiger partial charge in [0, 0.05) is 10.9 Å². The highest BCUT2D eigenvalue weighted by Crippen LogP contribution is 2.30. The maximum absolute atomic E-state index is 10.8. The Morgan fingerprint density at radius 2 is 2.22 bits per heavy atom. The SMILES string of the molecule is CCNC1Cc2ccc(SC(C)C(=O)O)cc2C1. The topological polar surface area (TPSA) is 49.3 Å². The Kier molecular flexibility index (Phi) is 4.30. The maximum Gasteiger partial charge on any atom is 0.316 e. The zero-order valence-corrected chi connectivity index (χ0v) is 11.6. The summed E-state index contributed by atoms with van der Waals surface area (Å²) in [7, 11) is 0. The minimum absolute atomic E-state index is 0.394. The molecular weight excluding hydrogens is 246 g/mol. The van der Waals surface area contributed by atoms with Crippen LogP contribution in [0.2, 0.25) is 0 Å². The number of fused-ring (bicyclic) bond motifs is 1. The first kappa shape index (κ1) is 13.4. The largest absolute Gasteiger partial charge is 0.480 e. The second-order valence-electron chi connectivity index (χ2n) is 4.69. The molecule has 98 valence electrons. The van der Waals surface area contributed by atoms with Gasteiger partial charge in [-0.1, -0.05) is 13.0 Å². The van der Waals surface area contributed by atoms with Crippen LogP contribution < -0.4 is 5.32 Å². The van der Waals surface area contributed by atoms with E-state index in [0.29, 0.717) is 6.04 Å². The van der Waals surface area contributed by atoms with Crippen molar-refractivity contribution in [1.29, 1.82) is 0 Å². The summed E-state index contributed by atoms with van der Waals surface area (Å²) in [6, 6.07) is 6.87. The van der Waals surface area contributed by atoms with E-state index < -0.39 is 11.2 Å². The molecule has 0 saturated heterocycles. The highest BCUT2D eigenvalue weighted by molar-refractivity contribution is 8.00. The Bertz CT molecular complexity index is 447. The number of hydrogen-bond acceptors (Lipinski definition) is 3. The lowest BCUT2D eigenvalue weighted by Crippen LogP contribution is -2.28. The standard InChI is InChI=1S/C14H19NO2S/c1-3-15-12-6-10-4-5-13(8-11(10)7-12)18-9(2)14(16)17/h4-5,8-9,12,15H,3,6-7H2,1-2H3,(H,16,17).